The Kier molecular flexibility index (Phi) is 5.98. The van der Waals surface area contributed by atoms with Crippen molar-refractivity contribution in [3.8, 4) is 5.75 Å². The number of aromatic nitrogens is 1. The number of nitrogens with zero attached hydrogens (tertiary/aromatic N) is 1. The summed E-state index contributed by atoms with van der Waals surface area (Å²) in [4.78, 5) is 41.6. The van der Waals surface area contributed by atoms with Crippen molar-refractivity contribution < 1.29 is 14.3 Å². The number of hydrogen-bond acceptors (Lipinski definition) is 4. The maximum absolute atomic E-state index is 13.2. The van der Waals surface area contributed by atoms with Gasteiger partial charge in [-0.2, -0.15) is 0 Å². The average molecular weight is 418 g/mol. The number of benzene rings is 1. The van der Waals surface area contributed by atoms with Gasteiger partial charge in [0.2, 0.25) is 0 Å². The zero-order chi connectivity index (χ0) is 21.3. The Morgan fingerprint density at radius 1 is 1.34 bits per heavy atom. The first-order valence-corrected chi connectivity index (χ1v) is 9.79. The maximum Gasteiger partial charge on any atom is 0.260 e. The molecular formula is C21H24ClN3O4. The number of ether oxygens (including phenoxy) is 1. The van der Waals surface area contributed by atoms with E-state index in [2.05, 4.69) is 10.3 Å². The summed E-state index contributed by atoms with van der Waals surface area (Å²) in [5.41, 5.74) is 3.17. The monoisotopic (exact) mass is 417 g/mol. The summed E-state index contributed by atoms with van der Waals surface area (Å²) >= 11 is 6.49. The largest absolute Gasteiger partial charge is 0.479 e. The molecule has 29 heavy (non-hydrogen) atoms. The van der Waals surface area contributed by atoms with Gasteiger partial charge in [0.25, 0.3) is 17.4 Å². The van der Waals surface area contributed by atoms with Gasteiger partial charge in [0.05, 0.1) is 17.1 Å². The molecule has 0 saturated carbocycles. The van der Waals surface area contributed by atoms with Crippen LogP contribution in [0.15, 0.2) is 23.0 Å². The number of likely N-dealkylation sites (N-methyl/N-ethyl adjacent to an activating group) is 1. The fourth-order valence-electron chi connectivity index (χ4n) is 3.51. The van der Waals surface area contributed by atoms with Crippen LogP contribution < -0.4 is 15.6 Å². The van der Waals surface area contributed by atoms with Gasteiger partial charge in [0.15, 0.2) is 6.10 Å². The molecule has 0 aliphatic carbocycles. The van der Waals surface area contributed by atoms with Gasteiger partial charge in [0.1, 0.15) is 5.75 Å². The fourth-order valence-corrected chi connectivity index (χ4v) is 3.82. The molecule has 7 nitrogen and oxygen atoms in total. The predicted octanol–water partition coefficient (Wildman–Crippen LogP) is 2.36. The zero-order valence-corrected chi connectivity index (χ0v) is 17.6. The highest BCUT2D eigenvalue weighted by atomic mass is 35.5. The molecule has 2 N–H and O–H groups in total. The molecule has 1 aliphatic rings. The minimum absolute atomic E-state index is 0.183. The van der Waals surface area contributed by atoms with E-state index in [9.17, 15) is 14.4 Å². The van der Waals surface area contributed by atoms with Crippen LogP contribution in [0.5, 0.6) is 5.75 Å². The van der Waals surface area contributed by atoms with E-state index in [1.807, 2.05) is 19.9 Å². The van der Waals surface area contributed by atoms with Crippen LogP contribution in [0.1, 0.15) is 39.7 Å². The molecule has 0 saturated heterocycles. The number of carbonyl (C=O) groups is 2. The summed E-state index contributed by atoms with van der Waals surface area (Å²) in [6.45, 7) is 5.98. The lowest BCUT2D eigenvalue weighted by Crippen LogP contribution is -2.39. The molecule has 1 unspecified atom stereocenters. The van der Waals surface area contributed by atoms with Gasteiger partial charge >= 0.3 is 0 Å². The van der Waals surface area contributed by atoms with Gasteiger partial charge in [0, 0.05) is 24.8 Å². The summed E-state index contributed by atoms with van der Waals surface area (Å²) in [7, 11) is 1.52. The average Bonchev–Trinajstić information content (AvgIpc) is 2.67. The number of rotatable bonds is 5. The van der Waals surface area contributed by atoms with E-state index in [0.29, 0.717) is 24.1 Å². The molecule has 1 aliphatic heterocycles. The fraction of sp³-hybridized carbons (Fsp3) is 0.381. The molecular weight excluding hydrogens is 394 g/mol. The van der Waals surface area contributed by atoms with Crippen LogP contribution >= 0.6 is 11.6 Å². The number of fused-ring (bicyclic) bond motifs is 1. The molecule has 1 aromatic carbocycles. The Morgan fingerprint density at radius 3 is 2.72 bits per heavy atom. The highest BCUT2D eigenvalue weighted by molar-refractivity contribution is 6.35. The van der Waals surface area contributed by atoms with E-state index < -0.39 is 6.10 Å². The molecule has 0 spiro atoms. The van der Waals surface area contributed by atoms with Gasteiger partial charge in [-0.1, -0.05) is 17.7 Å². The van der Waals surface area contributed by atoms with E-state index in [-0.39, 0.29) is 34.7 Å². The number of aromatic amines is 1. The number of pyridine rings is 1. The van der Waals surface area contributed by atoms with Crippen molar-refractivity contribution in [2.75, 3.05) is 13.6 Å². The van der Waals surface area contributed by atoms with Gasteiger partial charge in [-0.25, -0.2) is 0 Å². The third-order valence-corrected chi connectivity index (χ3v) is 5.48. The number of hydrogen-bond donors (Lipinski definition) is 2. The van der Waals surface area contributed by atoms with E-state index >= 15 is 0 Å². The Balaban J connectivity index is 1.90. The number of H-pyrrole nitrogens is 1. The van der Waals surface area contributed by atoms with Crippen molar-refractivity contribution >= 4 is 23.4 Å². The van der Waals surface area contributed by atoms with Crippen molar-refractivity contribution in [2.24, 2.45) is 0 Å². The molecule has 2 aromatic rings. The molecule has 0 radical (unpaired) electrons. The van der Waals surface area contributed by atoms with Crippen molar-refractivity contribution in [2.45, 2.75) is 39.8 Å². The van der Waals surface area contributed by atoms with E-state index in [1.54, 1.807) is 24.0 Å². The molecule has 1 atom stereocenters. The lowest BCUT2D eigenvalue weighted by molar-refractivity contribution is -0.126. The lowest BCUT2D eigenvalue weighted by Gasteiger charge is -2.30. The molecule has 8 heteroatoms. The van der Waals surface area contributed by atoms with Crippen molar-refractivity contribution in [3.63, 3.8) is 0 Å². The second-order valence-corrected chi connectivity index (χ2v) is 7.58. The Morgan fingerprint density at radius 2 is 2.07 bits per heavy atom. The van der Waals surface area contributed by atoms with Gasteiger partial charge in [-0.3, -0.25) is 14.4 Å². The predicted molar refractivity (Wildman–Crippen MR) is 111 cm³/mol. The minimum Gasteiger partial charge on any atom is -0.479 e. The van der Waals surface area contributed by atoms with Crippen LogP contribution in [-0.4, -0.2) is 41.4 Å². The van der Waals surface area contributed by atoms with Crippen LogP contribution in [-0.2, 0) is 17.8 Å². The Labute approximate surface area is 174 Å². The highest BCUT2D eigenvalue weighted by Gasteiger charge is 2.30. The van der Waals surface area contributed by atoms with Crippen LogP contribution in [0.3, 0.4) is 0 Å². The van der Waals surface area contributed by atoms with Gasteiger partial charge in [-0.15, -0.1) is 0 Å². The number of halogens is 1. The molecule has 3 rings (SSSR count). The van der Waals surface area contributed by atoms with E-state index in [0.717, 1.165) is 16.8 Å². The summed E-state index contributed by atoms with van der Waals surface area (Å²) in [6.07, 6.45) is -0.131. The molecule has 1 aromatic heterocycles. The van der Waals surface area contributed by atoms with Crippen LogP contribution in [0.4, 0.5) is 0 Å². The SMILES string of the molecule is CNC(=O)C(C)Oc1ccc2c(c1Cl)C(=O)N(Cc1c(C)cc(C)[nH]c1=O)CC2. The quantitative estimate of drug-likeness (QED) is 0.781. The number of aryl methyl sites for hydroxylation is 2. The highest BCUT2D eigenvalue weighted by Crippen LogP contribution is 2.35. The van der Waals surface area contributed by atoms with Crippen LogP contribution in [0, 0.1) is 13.8 Å². The summed E-state index contributed by atoms with van der Waals surface area (Å²) in [5, 5.41) is 2.69. The zero-order valence-electron chi connectivity index (χ0n) is 16.9. The first kappa shape index (κ1) is 20.9. The van der Waals surface area contributed by atoms with Crippen LogP contribution in [0.25, 0.3) is 0 Å². The molecule has 2 amide bonds. The first-order chi connectivity index (χ1) is 13.7. The standard InChI is InChI=1S/C21H24ClN3O4/c1-11-9-12(2)24-20(27)15(11)10-25-8-7-14-5-6-16(18(22)17(14)21(25)28)29-13(3)19(26)23-4/h5-6,9,13H,7-8,10H2,1-4H3,(H,23,26)(H,24,27). The minimum atomic E-state index is -0.751. The lowest BCUT2D eigenvalue weighted by atomic mass is 9.97. The smallest absolute Gasteiger partial charge is 0.260 e. The summed E-state index contributed by atoms with van der Waals surface area (Å²) < 4.78 is 5.65. The molecule has 0 bridgehead atoms. The van der Waals surface area contributed by atoms with Crippen molar-refractivity contribution in [3.05, 3.63) is 61.5 Å². The van der Waals surface area contributed by atoms with Gasteiger partial charge in [-0.05, 0) is 50.5 Å². The van der Waals surface area contributed by atoms with Crippen LogP contribution in [0.2, 0.25) is 5.02 Å². The molecule has 154 valence electrons. The van der Waals surface area contributed by atoms with E-state index in [1.165, 1.54) is 7.05 Å². The topological polar surface area (TPSA) is 91.5 Å². The van der Waals surface area contributed by atoms with Crippen molar-refractivity contribution in [1.82, 2.24) is 15.2 Å². The molecule has 2 heterocycles. The number of amides is 2. The third kappa shape index (κ3) is 4.15. The van der Waals surface area contributed by atoms with Gasteiger partial charge < -0.3 is 19.9 Å². The second kappa shape index (κ2) is 8.29. The number of carbonyl (C=O) groups excluding carboxylic acids is 2. The normalized spacial score (nSPS) is 14.4. The number of nitrogens with one attached hydrogen (secondary N) is 2. The Hall–Kier alpha value is -2.80. The third-order valence-electron chi connectivity index (χ3n) is 5.11. The van der Waals surface area contributed by atoms with E-state index in [4.69, 9.17) is 16.3 Å². The second-order valence-electron chi connectivity index (χ2n) is 7.21. The maximum atomic E-state index is 13.2. The molecule has 0 fully saturated rings. The first-order valence-electron chi connectivity index (χ1n) is 9.41. The Bertz CT molecular complexity index is 1030. The summed E-state index contributed by atoms with van der Waals surface area (Å²) in [6, 6.07) is 5.36. The summed E-state index contributed by atoms with van der Waals surface area (Å²) in [5.74, 6) is -0.268. The van der Waals surface area contributed by atoms with Crippen molar-refractivity contribution in [1.29, 1.82) is 0 Å².